The van der Waals surface area contributed by atoms with E-state index >= 15 is 0 Å². The van der Waals surface area contributed by atoms with E-state index in [1.165, 1.54) is 6.42 Å². The topological polar surface area (TPSA) is 55.6 Å². The predicted octanol–water partition coefficient (Wildman–Crippen LogP) is 2.91. The van der Waals surface area contributed by atoms with Gasteiger partial charge in [-0.1, -0.05) is 0 Å². The Bertz CT molecular complexity index is 338. The minimum atomic E-state index is -0.415. The number of nitrogens with zero attached hydrogens (tertiary/aromatic N) is 1. The lowest BCUT2D eigenvalue weighted by Gasteiger charge is -2.45. The highest BCUT2D eigenvalue weighted by atomic mass is 16.6. The van der Waals surface area contributed by atoms with E-state index in [1.54, 1.807) is 0 Å². The summed E-state index contributed by atoms with van der Waals surface area (Å²) in [5, 5.41) is 0. The molecule has 2 rings (SSSR count). The van der Waals surface area contributed by atoms with Crippen molar-refractivity contribution in [1.29, 1.82) is 0 Å². The number of piperidine rings is 1. The summed E-state index contributed by atoms with van der Waals surface area (Å²) in [5.41, 5.74) is 5.43. The quantitative estimate of drug-likeness (QED) is 0.795. The van der Waals surface area contributed by atoms with Gasteiger partial charge in [-0.2, -0.15) is 0 Å². The third-order valence-electron chi connectivity index (χ3n) is 4.48. The molecule has 2 aliphatic rings. The minimum Gasteiger partial charge on any atom is -0.444 e. The molecule has 2 fully saturated rings. The highest BCUT2D eigenvalue weighted by molar-refractivity contribution is 5.69. The Morgan fingerprint density at radius 1 is 1.37 bits per heavy atom. The van der Waals surface area contributed by atoms with Gasteiger partial charge in [-0.3, -0.25) is 0 Å². The minimum absolute atomic E-state index is 0.0324. The Morgan fingerprint density at radius 3 is 2.68 bits per heavy atom. The van der Waals surface area contributed by atoms with Crippen LogP contribution in [0.2, 0.25) is 0 Å². The van der Waals surface area contributed by atoms with Crippen LogP contribution in [0.25, 0.3) is 0 Å². The maximum Gasteiger partial charge on any atom is 0.410 e. The number of rotatable bonds is 1. The van der Waals surface area contributed by atoms with Crippen LogP contribution in [-0.2, 0) is 4.74 Å². The molecule has 4 nitrogen and oxygen atoms in total. The van der Waals surface area contributed by atoms with Crippen LogP contribution in [0.5, 0.6) is 0 Å². The highest BCUT2D eigenvalue weighted by Crippen LogP contribution is 2.45. The maximum atomic E-state index is 12.4. The van der Waals surface area contributed by atoms with E-state index in [0.29, 0.717) is 5.92 Å². The van der Waals surface area contributed by atoms with Crippen molar-refractivity contribution in [1.82, 2.24) is 4.90 Å². The van der Waals surface area contributed by atoms with E-state index in [4.69, 9.17) is 10.5 Å². The van der Waals surface area contributed by atoms with Crippen LogP contribution in [0.4, 0.5) is 4.79 Å². The molecule has 4 heteroatoms. The van der Waals surface area contributed by atoms with E-state index in [2.05, 4.69) is 0 Å². The molecule has 1 saturated heterocycles. The maximum absolute atomic E-state index is 12.4. The number of hydrogen-bond acceptors (Lipinski definition) is 3. The highest BCUT2D eigenvalue weighted by Gasteiger charge is 2.47. The van der Waals surface area contributed by atoms with Gasteiger partial charge < -0.3 is 15.4 Å². The number of hydrogen-bond donors (Lipinski definition) is 1. The third kappa shape index (κ3) is 3.22. The van der Waals surface area contributed by atoms with Crippen molar-refractivity contribution in [3.8, 4) is 0 Å². The SMILES string of the molecule is CC(C)(C)OC(=O)N1CCCCC12CCC(CN)C2. The molecule has 1 spiro atoms. The van der Waals surface area contributed by atoms with Crippen molar-refractivity contribution in [2.24, 2.45) is 11.7 Å². The zero-order chi connectivity index (χ0) is 14.1. The number of nitrogens with two attached hydrogens (primary N) is 1. The fourth-order valence-electron chi connectivity index (χ4n) is 3.59. The summed E-state index contributed by atoms with van der Waals surface area (Å²) in [5.74, 6) is 0.572. The standard InChI is InChI=1S/C15H28N2O2/c1-14(2,3)19-13(18)17-9-5-4-7-15(17)8-6-12(10-15)11-16/h12H,4-11,16H2,1-3H3. The van der Waals surface area contributed by atoms with Crippen molar-refractivity contribution in [3.05, 3.63) is 0 Å². The van der Waals surface area contributed by atoms with E-state index in [9.17, 15) is 4.79 Å². The molecule has 1 heterocycles. The molecule has 0 aromatic rings. The molecular formula is C15H28N2O2. The van der Waals surface area contributed by atoms with Crippen LogP contribution in [-0.4, -0.2) is 35.2 Å². The van der Waals surface area contributed by atoms with Crippen LogP contribution in [0.3, 0.4) is 0 Å². The molecule has 110 valence electrons. The van der Waals surface area contributed by atoms with E-state index in [-0.39, 0.29) is 11.6 Å². The van der Waals surface area contributed by atoms with Crippen molar-refractivity contribution in [2.45, 2.75) is 70.4 Å². The summed E-state index contributed by atoms with van der Waals surface area (Å²) in [6.07, 6.45) is 6.59. The van der Waals surface area contributed by atoms with Gasteiger partial charge in [0.1, 0.15) is 5.60 Å². The number of amides is 1. The molecule has 0 bridgehead atoms. The molecule has 1 aliphatic heterocycles. The van der Waals surface area contributed by atoms with Crippen LogP contribution in [0.15, 0.2) is 0 Å². The molecule has 2 atom stereocenters. The first-order valence-corrected chi connectivity index (χ1v) is 7.57. The van der Waals surface area contributed by atoms with E-state index < -0.39 is 5.60 Å². The lowest BCUT2D eigenvalue weighted by Crippen LogP contribution is -2.54. The third-order valence-corrected chi connectivity index (χ3v) is 4.48. The fraction of sp³-hybridized carbons (Fsp3) is 0.933. The van der Waals surface area contributed by atoms with E-state index in [1.807, 2.05) is 25.7 Å². The van der Waals surface area contributed by atoms with Gasteiger partial charge in [-0.15, -0.1) is 0 Å². The van der Waals surface area contributed by atoms with Crippen LogP contribution < -0.4 is 5.73 Å². The molecule has 2 unspecified atom stereocenters. The Kier molecular flexibility index (Phi) is 4.09. The van der Waals surface area contributed by atoms with Gasteiger partial charge in [0.2, 0.25) is 0 Å². The molecule has 1 aliphatic carbocycles. The Morgan fingerprint density at radius 2 is 2.11 bits per heavy atom. The smallest absolute Gasteiger partial charge is 0.410 e. The molecule has 1 amide bonds. The van der Waals surface area contributed by atoms with E-state index in [0.717, 1.165) is 45.2 Å². The predicted molar refractivity (Wildman–Crippen MR) is 75.9 cm³/mol. The second-order valence-corrected chi connectivity index (χ2v) is 7.16. The first kappa shape index (κ1) is 14.6. The van der Waals surface area contributed by atoms with Gasteiger partial charge in [-0.25, -0.2) is 4.79 Å². The number of likely N-dealkylation sites (tertiary alicyclic amines) is 1. The summed E-state index contributed by atoms with van der Waals surface area (Å²) in [6.45, 7) is 7.37. The van der Waals surface area contributed by atoms with Gasteiger partial charge in [0.15, 0.2) is 0 Å². The largest absolute Gasteiger partial charge is 0.444 e. The van der Waals surface area contributed by atoms with Crippen molar-refractivity contribution in [2.75, 3.05) is 13.1 Å². The number of carbonyl (C=O) groups is 1. The first-order chi connectivity index (χ1) is 8.86. The van der Waals surface area contributed by atoms with Crippen molar-refractivity contribution in [3.63, 3.8) is 0 Å². The van der Waals surface area contributed by atoms with Gasteiger partial charge >= 0.3 is 6.09 Å². The second-order valence-electron chi connectivity index (χ2n) is 7.16. The molecule has 0 aromatic heterocycles. The van der Waals surface area contributed by atoms with Gasteiger partial charge in [0.05, 0.1) is 0 Å². The molecule has 0 aromatic carbocycles. The summed E-state index contributed by atoms with van der Waals surface area (Å²) >= 11 is 0. The zero-order valence-corrected chi connectivity index (χ0v) is 12.6. The van der Waals surface area contributed by atoms with Crippen LogP contribution in [0, 0.1) is 5.92 Å². The Labute approximate surface area is 116 Å². The fourth-order valence-corrected chi connectivity index (χ4v) is 3.59. The average molecular weight is 268 g/mol. The van der Waals surface area contributed by atoms with Crippen molar-refractivity contribution < 1.29 is 9.53 Å². The normalized spacial score (nSPS) is 31.8. The zero-order valence-electron chi connectivity index (χ0n) is 12.6. The summed E-state index contributed by atoms with van der Waals surface area (Å²) in [6, 6.07) is 0. The second kappa shape index (κ2) is 5.31. The van der Waals surface area contributed by atoms with Gasteiger partial charge in [-0.05, 0) is 71.8 Å². The molecule has 19 heavy (non-hydrogen) atoms. The van der Waals surface area contributed by atoms with Gasteiger partial charge in [0.25, 0.3) is 0 Å². The summed E-state index contributed by atoms with van der Waals surface area (Å²) in [4.78, 5) is 14.5. The lowest BCUT2D eigenvalue weighted by molar-refractivity contribution is -0.0152. The number of carbonyl (C=O) groups excluding carboxylic acids is 1. The van der Waals surface area contributed by atoms with Crippen molar-refractivity contribution >= 4 is 6.09 Å². The first-order valence-electron chi connectivity index (χ1n) is 7.57. The molecule has 0 radical (unpaired) electrons. The Balaban J connectivity index is 2.10. The lowest BCUT2D eigenvalue weighted by atomic mass is 9.84. The molecule has 1 saturated carbocycles. The molecule has 2 N–H and O–H groups in total. The van der Waals surface area contributed by atoms with Crippen LogP contribution >= 0.6 is 0 Å². The molecular weight excluding hydrogens is 240 g/mol. The Hall–Kier alpha value is -0.770. The van der Waals surface area contributed by atoms with Crippen LogP contribution in [0.1, 0.15) is 59.3 Å². The summed E-state index contributed by atoms with van der Waals surface area (Å²) in [7, 11) is 0. The summed E-state index contributed by atoms with van der Waals surface area (Å²) < 4.78 is 5.59. The number of ether oxygens (including phenoxy) is 1. The monoisotopic (exact) mass is 268 g/mol. The van der Waals surface area contributed by atoms with Gasteiger partial charge in [0, 0.05) is 12.1 Å². The average Bonchev–Trinajstić information content (AvgIpc) is 2.71.